The summed E-state index contributed by atoms with van der Waals surface area (Å²) in [5, 5.41) is 2.93. The van der Waals surface area contributed by atoms with E-state index in [-0.39, 0.29) is 23.3 Å². The second kappa shape index (κ2) is 4.86. The molecule has 7 heteroatoms. The van der Waals surface area contributed by atoms with E-state index >= 15 is 0 Å². The molecule has 0 aromatic carbocycles. The molecular weight excluding hydrogens is 298 g/mol. The molecule has 1 aromatic rings. The van der Waals surface area contributed by atoms with Crippen LogP contribution in [0, 0.1) is 5.41 Å². The Labute approximate surface area is 125 Å². The molecule has 1 saturated carbocycles. The number of likely N-dealkylation sites (tertiary alicyclic amines) is 1. The lowest BCUT2D eigenvalue weighted by atomic mass is 10.0. The molecule has 1 spiro atoms. The first kappa shape index (κ1) is 13.6. The number of nitrogens with zero attached hydrogens (tertiary/aromatic N) is 2. The minimum absolute atomic E-state index is 0.0142. The number of thiazole rings is 1. The minimum atomic E-state index is -0.184. The third-order valence-electron chi connectivity index (χ3n) is 4.02. The van der Waals surface area contributed by atoms with Gasteiger partial charge in [-0.1, -0.05) is 29.5 Å². The molecule has 3 rings (SSSR count). The predicted molar refractivity (Wildman–Crippen MR) is 76.8 cm³/mol. The van der Waals surface area contributed by atoms with Gasteiger partial charge in [0.25, 0.3) is 5.91 Å². The maximum absolute atomic E-state index is 12.4. The van der Waals surface area contributed by atoms with Crippen molar-refractivity contribution >= 4 is 34.8 Å². The van der Waals surface area contributed by atoms with E-state index in [0.717, 1.165) is 12.8 Å². The SMILES string of the molecule is C=CC(=O)NC1CN(C(=O)c2cnc(Cl)s2)CC12CC2. The van der Waals surface area contributed by atoms with Crippen molar-refractivity contribution in [3.63, 3.8) is 0 Å². The number of hydrogen-bond donors (Lipinski definition) is 1. The molecule has 1 aromatic heterocycles. The van der Waals surface area contributed by atoms with Crippen LogP contribution in [-0.4, -0.2) is 40.8 Å². The number of rotatable bonds is 3. The highest BCUT2D eigenvalue weighted by atomic mass is 35.5. The summed E-state index contributed by atoms with van der Waals surface area (Å²) in [7, 11) is 0. The van der Waals surface area contributed by atoms with Crippen molar-refractivity contribution < 1.29 is 9.59 Å². The van der Waals surface area contributed by atoms with E-state index in [1.165, 1.54) is 23.6 Å². The predicted octanol–water partition coefficient (Wildman–Crippen LogP) is 1.70. The number of hydrogen-bond acceptors (Lipinski definition) is 4. The Bertz CT molecular complexity index is 582. The van der Waals surface area contributed by atoms with Crippen LogP contribution in [0.25, 0.3) is 0 Å². The van der Waals surface area contributed by atoms with Crippen molar-refractivity contribution in [2.45, 2.75) is 18.9 Å². The van der Waals surface area contributed by atoms with Crippen LogP contribution in [0.1, 0.15) is 22.5 Å². The lowest BCUT2D eigenvalue weighted by Gasteiger charge is -2.17. The molecule has 1 saturated heterocycles. The zero-order valence-corrected chi connectivity index (χ0v) is 12.3. The van der Waals surface area contributed by atoms with Crippen LogP contribution in [-0.2, 0) is 4.79 Å². The molecule has 2 fully saturated rings. The molecule has 5 nitrogen and oxygen atoms in total. The number of aromatic nitrogens is 1. The molecule has 1 N–H and O–H groups in total. The highest BCUT2D eigenvalue weighted by molar-refractivity contribution is 7.17. The summed E-state index contributed by atoms with van der Waals surface area (Å²) in [6.45, 7) is 4.68. The van der Waals surface area contributed by atoms with E-state index in [2.05, 4.69) is 16.9 Å². The van der Waals surface area contributed by atoms with Crippen LogP contribution < -0.4 is 5.32 Å². The first-order chi connectivity index (χ1) is 9.54. The number of halogens is 1. The lowest BCUT2D eigenvalue weighted by Crippen LogP contribution is -2.40. The van der Waals surface area contributed by atoms with Gasteiger partial charge in [0.2, 0.25) is 5.91 Å². The smallest absolute Gasteiger partial charge is 0.265 e. The zero-order valence-electron chi connectivity index (χ0n) is 10.8. The molecule has 0 bridgehead atoms. The topological polar surface area (TPSA) is 62.3 Å². The average Bonchev–Trinajstić information content (AvgIpc) is 2.93. The highest BCUT2D eigenvalue weighted by Gasteiger charge is 2.56. The second-order valence-corrected chi connectivity index (χ2v) is 6.90. The van der Waals surface area contributed by atoms with Gasteiger partial charge in [-0.25, -0.2) is 4.98 Å². The monoisotopic (exact) mass is 311 g/mol. The molecule has 0 radical (unpaired) electrons. The largest absolute Gasteiger partial charge is 0.347 e. The first-order valence-electron chi connectivity index (χ1n) is 6.38. The van der Waals surface area contributed by atoms with Gasteiger partial charge in [-0.2, -0.15) is 0 Å². The Morgan fingerprint density at radius 2 is 2.35 bits per heavy atom. The number of carbonyl (C=O) groups excluding carboxylic acids is 2. The van der Waals surface area contributed by atoms with Gasteiger partial charge in [0.15, 0.2) is 4.47 Å². The molecule has 1 aliphatic carbocycles. The van der Waals surface area contributed by atoms with Gasteiger partial charge in [0, 0.05) is 18.5 Å². The number of carbonyl (C=O) groups is 2. The van der Waals surface area contributed by atoms with E-state index in [0.29, 0.717) is 22.4 Å². The fraction of sp³-hybridized carbons (Fsp3) is 0.462. The Morgan fingerprint density at radius 3 is 2.90 bits per heavy atom. The van der Waals surface area contributed by atoms with Crippen molar-refractivity contribution in [2.75, 3.05) is 13.1 Å². The number of amides is 2. The molecule has 1 unspecified atom stereocenters. The van der Waals surface area contributed by atoms with Crippen molar-refractivity contribution in [1.29, 1.82) is 0 Å². The summed E-state index contributed by atoms with van der Waals surface area (Å²) in [4.78, 5) is 30.1. The van der Waals surface area contributed by atoms with Crippen molar-refractivity contribution in [2.24, 2.45) is 5.41 Å². The van der Waals surface area contributed by atoms with E-state index < -0.39 is 0 Å². The third-order valence-corrected chi connectivity index (χ3v) is 5.12. The second-order valence-electron chi connectivity index (χ2n) is 5.29. The maximum atomic E-state index is 12.4. The molecule has 2 amide bonds. The van der Waals surface area contributed by atoms with Crippen molar-refractivity contribution in [3.05, 3.63) is 28.2 Å². The van der Waals surface area contributed by atoms with Gasteiger partial charge in [-0.15, -0.1) is 0 Å². The normalized spacial score (nSPS) is 22.9. The van der Waals surface area contributed by atoms with Crippen molar-refractivity contribution in [3.8, 4) is 0 Å². The van der Waals surface area contributed by atoms with Gasteiger partial charge in [0.05, 0.1) is 12.2 Å². The summed E-state index contributed by atoms with van der Waals surface area (Å²) in [5.41, 5.74) is 0.0583. The van der Waals surface area contributed by atoms with E-state index in [1.807, 2.05) is 0 Å². The molecular formula is C13H14ClN3O2S. The average molecular weight is 312 g/mol. The van der Waals surface area contributed by atoms with Crippen LogP contribution in [0.3, 0.4) is 0 Å². The quantitative estimate of drug-likeness (QED) is 0.864. The van der Waals surface area contributed by atoms with E-state index in [9.17, 15) is 9.59 Å². The molecule has 2 heterocycles. The van der Waals surface area contributed by atoms with E-state index in [1.54, 1.807) is 4.90 Å². The van der Waals surface area contributed by atoms with Gasteiger partial charge >= 0.3 is 0 Å². The van der Waals surface area contributed by atoms with Gasteiger partial charge in [0.1, 0.15) is 4.88 Å². The van der Waals surface area contributed by atoms with Gasteiger partial charge in [-0.3, -0.25) is 9.59 Å². The van der Waals surface area contributed by atoms with Gasteiger partial charge < -0.3 is 10.2 Å². The molecule has 1 atom stereocenters. The summed E-state index contributed by atoms with van der Waals surface area (Å²) >= 11 is 6.95. The van der Waals surface area contributed by atoms with E-state index in [4.69, 9.17) is 11.6 Å². The van der Waals surface area contributed by atoms with Gasteiger partial charge in [-0.05, 0) is 18.9 Å². The Hall–Kier alpha value is -1.40. The molecule has 106 valence electrons. The molecule has 2 aliphatic rings. The minimum Gasteiger partial charge on any atom is -0.347 e. The standard InChI is InChI=1S/C13H14ClN3O2S/c1-2-10(18)16-9-6-17(7-13(9)3-4-13)11(19)8-5-15-12(14)20-8/h2,5,9H,1,3-4,6-7H2,(H,16,18). The van der Waals surface area contributed by atoms with Crippen LogP contribution >= 0.6 is 22.9 Å². The highest BCUT2D eigenvalue weighted by Crippen LogP contribution is 2.53. The summed E-state index contributed by atoms with van der Waals surface area (Å²) < 4.78 is 0.366. The lowest BCUT2D eigenvalue weighted by molar-refractivity contribution is -0.117. The zero-order chi connectivity index (χ0) is 14.3. The van der Waals surface area contributed by atoms with Crippen LogP contribution in [0.2, 0.25) is 4.47 Å². The maximum Gasteiger partial charge on any atom is 0.265 e. The first-order valence-corrected chi connectivity index (χ1v) is 7.57. The number of nitrogens with one attached hydrogen (secondary N) is 1. The Kier molecular flexibility index (Phi) is 3.30. The Morgan fingerprint density at radius 1 is 1.60 bits per heavy atom. The fourth-order valence-electron chi connectivity index (χ4n) is 2.73. The van der Waals surface area contributed by atoms with Crippen LogP contribution in [0.5, 0.6) is 0 Å². The molecule has 1 aliphatic heterocycles. The van der Waals surface area contributed by atoms with Crippen LogP contribution in [0.4, 0.5) is 0 Å². The fourth-order valence-corrected chi connectivity index (χ4v) is 3.63. The van der Waals surface area contributed by atoms with Crippen molar-refractivity contribution in [1.82, 2.24) is 15.2 Å². The molecule has 20 heavy (non-hydrogen) atoms. The third kappa shape index (κ3) is 2.33. The van der Waals surface area contributed by atoms with Crippen LogP contribution in [0.15, 0.2) is 18.9 Å². The Balaban J connectivity index is 1.72. The summed E-state index contributed by atoms with van der Waals surface area (Å²) in [6.07, 6.45) is 4.86. The summed E-state index contributed by atoms with van der Waals surface area (Å²) in [5.74, 6) is -0.243. The summed E-state index contributed by atoms with van der Waals surface area (Å²) in [6, 6.07) is 0.0142.